The van der Waals surface area contributed by atoms with Crippen molar-refractivity contribution in [3.8, 4) is 0 Å². The van der Waals surface area contributed by atoms with Gasteiger partial charge in [0.05, 0.1) is 5.69 Å². The van der Waals surface area contributed by atoms with Crippen molar-refractivity contribution in [1.29, 1.82) is 0 Å². The fourth-order valence-electron chi connectivity index (χ4n) is 1.74. The van der Waals surface area contributed by atoms with E-state index in [2.05, 4.69) is 4.98 Å². The predicted octanol–water partition coefficient (Wildman–Crippen LogP) is 2.19. The van der Waals surface area contributed by atoms with E-state index in [1.807, 2.05) is 30.3 Å². The second kappa shape index (κ2) is 5.46. The van der Waals surface area contributed by atoms with Crippen LogP contribution in [0.4, 0.5) is 0 Å². The number of hydrogen-bond acceptors (Lipinski definition) is 2. The highest BCUT2D eigenvalue weighted by Crippen LogP contribution is 2.08. The second-order valence-corrected chi connectivity index (χ2v) is 3.99. The fraction of sp³-hybridized carbons (Fsp3) is 0.214. The zero-order valence-electron chi connectivity index (χ0n) is 9.47. The van der Waals surface area contributed by atoms with Crippen molar-refractivity contribution in [1.82, 2.24) is 4.98 Å². The smallest absolute Gasteiger partial charge is 0.207 e. The number of benzene rings is 1. The summed E-state index contributed by atoms with van der Waals surface area (Å²) in [7, 11) is 0. The van der Waals surface area contributed by atoms with Crippen molar-refractivity contribution in [3.05, 3.63) is 59.9 Å². The molecule has 17 heavy (non-hydrogen) atoms. The number of aromatic amines is 1. The predicted molar refractivity (Wildman–Crippen MR) is 65.9 cm³/mol. The van der Waals surface area contributed by atoms with Gasteiger partial charge in [-0.3, -0.25) is 4.79 Å². The first kappa shape index (κ1) is 11.6. The quantitative estimate of drug-likeness (QED) is 0.772. The summed E-state index contributed by atoms with van der Waals surface area (Å²) in [5, 5.41) is 9.78. The summed E-state index contributed by atoms with van der Waals surface area (Å²) in [5.74, 6) is -0.245. The van der Waals surface area contributed by atoms with Crippen LogP contribution in [0.2, 0.25) is 0 Å². The van der Waals surface area contributed by atoms with Gasteiger partial charge in [0.25, 0.3) is 0 Å². The van der Waals surface area contributed by atoms with Crippen molar-refractivity contribution < 1.29 is 9.90 Å². The van der Waals surface area contributed by atoms with E-state index in [4.69, 9.17) is 0 Å². The molecule has 1 heterocycles. The number of aryl methyl sites for hydroxylation is 1. The Morgan fingerprint density at radius 2 is 1.94 bits per heavy atom. The Morgan fingerprint density at radius 3 is 2.59 bits per heavy atom. The summed E-state index contributed by atoms with van der Waals surface area (Å²) in [4.78, 5) is 14.6. The average Bonchev–Trinajstić information content (AvgIpc) is 2.90. The minimum absolute atomic E-state index is 0.245. The monoisotopic (exact) mass is 229 g/mol. The molecule has 0 aliphatic carbocycles. The number of aliphatic hydroxyl groups is 1. The van der Waals surface area contributed by atoms with Crippen molar-refractivity contribution in [2.45, 2.75) is 18.9 Å². The number of hydrogen-bond donors (Lipinski definition) is 2. The van der Waals surface area contributed by atoms with Crippen LogP contribution in [-0.4, -0.2) is 22.0 Å². The van der Waals surface area contributed by atoms with E-state index in [9.17, 15) is 9.90 Å². The van der Waals surface area contributed by atoms with Gasteiger partial charge in [0.2, 0.25) is 5.78 Å². The molecule has 88 valence electrons. The SMILES string of the molecule is O=C(c1ccc[nH]1)[C@H](O)CCc1ccccc1. The number of Topliss-reactive ketones (excluding diaryl/α,β-unsaturated/α-hetero) is 1. The van der Waals surface area contributed by atoms with Crippen molar-refractivity contribution in [2.24, 2.45) is 0 Å². The fourth-order valence-corrected chi connectivity index (χ4v) is 1.74. The van der Waals surface area contributed by atoms with E-state index in [0.29, 0.717) is 18.5 Å². The maximum atomic E-state index is 11.7. The van der Waals surface area contributed by atoms with Crippen LogP contribution in [0.25, 0.3) is 0 Å². The molecule has 3 nitrogen and oxygen atoms in total. The number of rotatable bonds is 5. The van der Waals surface area contributed by atoms with Crippen LogP contribution in [0.5, 0.6) is 0 Å². The van der Waals surface area contributed by atoms with Crippen LogP contribution in [0.15, 0.2) is 48.7 Å². The molecule has 2 N–H and O–H groups in total. The summed E-state index contributed by atoms with van der Waals surface area (Å²) in [6.07, 6.45) is 1.89. The van der Waals surface area contributed by atoms with Crippen LogP contribution < -0.4 is 0 Å². The molecule has 0 unspecified atom stereocenters. The van der Waals surface area contributed by atoms with Crippen molar-refractivity contribution in [2.75, 3.05) is 0 Å². The first-order chi connectivity index (χ1) is 8.27. The average molecular weight is 229 g/mol. The summed E-state index contributed by atoms with van der Waals surface area (Å²) in [6.45, 7) is 0. The molecular weight excluding hydrogens is 214 g/mol. The molecule has 0 bridgehead atoms. The maximum Gasteiger partial charge on any atom is 0.207 e. The number of carbonyl (C=O) groups excluding carboxylic acids is 1. The molecule has 0 aliphatic heterocycles. The summed E-state index contributed by atoms with van der Waals surface area (Å²) in [6, 6.07) is 13.3. The van der Waals surface area contributed by atoms with Gasteiger partial charge < -0.3 is 10.1 Å². The molecular formula is C14H15NO2. The van der Waals surface area contributed by atoms with E-state index >= 15 is 0 Å². The van der Waals surface area contributed by atoms with Gasteiger partial charge in [0.15, 0.2) is 0 Å². The zero-order valence-corrected chi connectivity index (χ0v) is 9.47. The molecule has 0 saturated heterocycles. The standard InChI is InChI=1S/C14H15NO2/c16-13(14(17)12-7-4-10-15-12)9-8-11-5-2-1-3-6-11/h1-7,10,13,15-16H,8-9H2/t13-/m1/s1. The molecule has 0 fully saturated rings. The lowest BCUT2D eigenvalue weighted by molar-refractivity contribution is 0.0727. The van der Waals surface area contributed by atoms with Gasteiger partial charge in [-0.1, -0.05) is 30.3 Å². The molecule has 2 rings (SSSR count). The topological polar surface area (TPSA) is 53.1 Å². The van der Waals surface area contributed by atoms with Gasteiger partial charge in [-0.2, -0.15) is 0 Å². The van der Waals surface area contributed by atoms with E-state index in [1.54, 1.807) is 18.3 Å². The van der Waals surface area contributed by atoms with Gasteiger partial charge in [-0.25, -0.2) is 0 Å². The minimum atomic E-state index is -0.936. The number of nitrogens with one attached hydrogen (secondary N) is 1. The van der Waals surface area contributed by atoms with Crippen molar-refractivity contribution >= 4 is 5.78 Å². The Hall–Kier alpha value is -1.87. The van der Waals surface area contributed by atoms with Gasteiger partial charge >= 0.3 is 0 Å². The van der Waals surface area contributed by atoms with Crippen LogP contribution in [-0.2, 0) is 6.42 Å². The van der Waals surface area contributed by atoms with Gasteiger partial charge in [0.1, 0.15) is 6.10 Å². The molecule has 1 aromatic carbocycles. The molecule has 2 aromatic rings. The van der Waals surface area contributed by atoms with E-state index in [1.165, 1.54) is 0 Å². The maximum absolute atomic E-state index is 11.7. The minimum Gasteiger partial charge on any atom is -0.385 e. The third-order valence-electron chi connectivity index (χ3n) is 2.72. The Balaban J connectivity index is 1.90. The Kier molecular flexibility index (Phi) is 3.73. The van der Waals surface area contributed by atoms with Crippen LogP contribution in [0, 0.1) is 0 Å². The molecule has 0 spiro atoms. The molecule has 1 atom stereocenters. The number of carbonyl (C=O) groups is 1. The normalized spacial score (nSPS) is 12.3. The van der Waals surface area contributed by atoms with Crippen LogP contribution >= 0.6 is 0 Å². The highest BCUT2D eigenvalue weighted by Gasteiger charge is 2.17. The number of ketones is 1. The Labute approximate surface area is 100 Å². The zero-order chi connectivity index (χ0) is 12.1. The highest BCUT2D eigenvalue weighted by molar-refractivity contribution is 5.97. The van der Waals surface area contributed by atoms with E-state index < -0.39 is 6.10 Å². The summed E-state index contributed by atoms with van der Waals surface area (Å²) < 4.78 is 0. The van der Waals surface area contributed by atoms with Crippen LogP contribution in [0.1, 0.15) is 22.5 Å². The lowest BCUT2D eigenvalue weighted by atomic mass is 10.0. The molecule has 1 aromatic heterocycles. The number of aliphatic hydroxyl groups excluding tert-OH is 1. The van der Waals surface area contributed by atoms with E-state index in [0.717, 1.165) is 5.56 Å². The van der Waals surface area contributed by atoms with E-state index in [-0.39, 0.29) is 5.78 Å². The van der Waals surface area contributed by atoms with Gasteiger partial charge in [-0.05, 0) is 30.5 Å². The summed E-state index contributed by atoms with van der Waals surface area (Å²) in [5.41, 5.74) is 1.59. The van der Waals surface area contributed by atoms with Gasteiger partial charge in [-0.15, -0.1) is 0 Å². The Morgan fingerprint density at radius 1 is 1.18 bits per heavy atom. The molecule has 3 heteroatoms. The molecule has 0 amide bonds. The van der Waals surface area contributed by atoms with Gasteiger partial charge in [0, 0.05) is 6.20 Å². The number of H-pyrrole nitrogens is 1. The lowest BCUT2D eigenvalue weighted by Gasteiger charge is -2.08. The van der Waals surface area contributed by atoms with Crippen molar-refractivity contribution in [3.63, 3.8) is 0 Å². The first-order valence-electron chi connectivity index (χ1n) is 5.67. The molecule has 0 aliphatic rings. The molecule has 0 radical (unpaired) electrons. The lowest BCUT2D eigenvalue weighted by Crippen LogP contribution is -2.21. The molecule has 0 saturated carbocycles. The Bertz CT molecular complexity index is 462. The van der Waals surface area contributed by atoms with Crippen LogP contribution in [0.3, 0.4) is 0 Å². The highest BCUT2D eigenvalue weighted by atomic mass is 16.3. The first-order valence-corrected chi connectivity index (χ1v) is 5.67. The second-order valence-electron chi connectivity index (χ2n) is 3.99. The largest absolute Gasteiger partial charge is 0.385 e. The third-order valence-corrected chi connectivity index (χ3v) is 2.72. The third kappa shape index (κ3) is 3.04. The summed E-state index contributed by atoms with van der Waals surface area (Å²) >= 11 is 0. The number of aromatic nitrogens is 1.